The average molecular weight is 329 g/mol. The maximum atomic E-state index is 12.9. The quantitative estimate of drug-likeness (QED) is 0.716. The van der Waals surface area contributed by atoms with E-state index < -0.39 is 7.75 Å². The smallest absolute Gasteiger partial charge is 0.408 e. The normalized spacial score (nSPS) is 15.5. The molecule has 1 aromatic rings. The van der Waals surface area contributed by atoms with Crippen LogP contribution in [0, 0.1) is 0 Å². The summed E-state index contributed by atoms with van der Waals surface area (Å²) in [4.78, 5) is 0. The van der Waals surface area contributed by atoms with Crippen molar-refractivity contribution in [3.63, 3.8) is 0 Å². The highest BCUT2D eigenvalue weighted by molar-refractivity contribution is 7.51. The summed E-state index contributed by atoms with van der Waals surface area (Å²) in [5.74, 6) is 1.39. The van der Waals surface area contributed by atoms with E-state index in [1.165, 1.54) is 5.56 Å². The molecule has 0 unspecified atom stereocenters. The molecule has 7 heteroatoms. The minimum Gasteiger partial charge on any atom is -0.493 e. The van der Waals surface area contributed by atoms with E-state index in [0.29, 0.717) is 37.8 Å². The van der Waals surface area contributed by atoms with E-state index in [9.17, 15) is 4.57 Å². The van der Waals surface area contributed by atoms with Gasteiger partial charge >= 0.3 is 7.75 Å². The predicted octanol–water partition coefficient (Wildman–Crippen LogP) is 3.24. The number of benzene rings is 1. The van der Waals surface area contributed by atoms with E-state index >= 15 is 0 Å². The molecule has 0 atom stereocenters. The van der Waals surface area contributed by atoms with Gasteiger partial charge in [-0.3, -0.25) is 9.05 Å². The van der Waals surface area contributed by atoms with Gasteiger partial charge in [-0.25, -0.2) is 9.24 Å². The van der Waals surface area contributed by atoms with Crippen LogP contribution in [-0.4, -0.2) is 38.6 Å². The van der Waals surface area contributed by atoms with Crippen LogP contribution >= 0.6 is 7.75 Å². The fourth-order valence-corrected chi connectivity index (χ4v) is 4.33. The molecule has 1 aromatic carbocycles. The Kier molecular flexibility index (Phi) is 5.87. The largest absolute Gasteiger partial charge is 0.493 e. The summed E-state index contributed by atoms with van der Waals surface area (Å²) in [7, 11) is -0.00142. The molecule has 0 saturated heterocycles. The van der Waals surface area contributed by atoms with Crippen molar-refractivity contribution in [3.8, 4) is 11.5 Å². The topological polar surface area (TPSA) is 57.2 Å². The molecule has 0 amide bonds. The molecular formula is C15H24NO5P. The first-order chi connectivity index (χ1) is 10.6. The minimum atomic E-state index is -3.23. The Morgan fingerprint density at radius 2 is 1.59 bits per heavy atom. The van der Waals surface area contributed by atoms with Crippen LogP contribution in [0.5, 0.6) is 11.5 Å². The van der Waals surface area contributed by atoms with Crippen molar-refractivity contribution in [1.29, 1.82) is 0 Å². The lowest BCUT2D eigenvalue weighted by atomic mass is 10.0. The molecule has 0 N–H and O–H groups in total. The summed E-state index contributed by atoms with van der Waals surface area (Å²) in [6.45, 7) is 5.47. The van der Waals surface area contributed by atoms with Gasteiger partial charge in [0.25, 0.3) is 0 Å². The van der Waals surface area contributed by atoms with Crippen molar-refractivity contribution < 1.29 is 23.1 Å². The van der Waals surface area contributed by atoms with Crippen LogP contribution in [0.2, 0.25) is 0 Å². The third-order valence-corrected chi connectivity index (χ3v) is 5.83. The van der Waals surface area contributed by atoms with Crippen molar-refractivity contribution >= 4 is 7.75 Å². The lowest BCUT2D eigenvalue weighted by Crippen LogP contribution is -2.29. The third kappa shape index (κ3) is 3.46. The SMILES string of the molecule is CCOP(=O)(OCC)N1CCc2cc(OC)c(OC)cc2C1. The number of hydrogen-bond acceptors (Lipinski definition) is 5. The van der Waals surface area contributed by atoms with Crippen molar-refractivity contribution in [3.05, 3.63) is 23.3 Å². The highest BCUT2D eigenvalue weighted by atomic mass is 31.2. The van der Waals surface area contributed by atoms with E-state index in [1.54, 1.807) is 18.9 Å². The van der Waals surface area contributed by atoms with Gasteiger partial charge in [0, 0.05) is 13.1 Å². The Bertz CT molecular complexity index is 553. The lowest BCUT2D eigenvalue weighted by molar-refractivity contribution is 0.162. The molecule has 6 nitrogen and oxygen atoms in total. The number of rotatable bonds is 7. The van der Waals surface area contributed by atoms with E-state index in [1.807, 2.05) is 26.0 Å². The molecule has 0 aromatic heterocycles. The molecule has 1 heterocycles. The summed E-state index contributed by atoms with van der Waals surface area (Å²) in [6.07, 6.45) is 0.764. The van der Waals surface area contributed by atoms with Gasteiger partial charge < -0.3 is 9.47 Å². The number of ether oxygens (including phenoxy) is 2. The zero-order valence-electron chi connectivity index (χ0n) is 13.6. The van der Waals surface area contributed by atoms with Gasteiger partial charge in [-0.15, -0.1) is 0 Å². The summed E-state index contributed by atoms with van der Waals surface area (Å²) >= 11 is 0. The molecule has 0 saturated carbocycles. The molecular weight excluding hydrogens is 305 g/mol. The van der Waals surface area contributed by atoms with Crippen LogP contribution in [0.1, 0.15) is 25.0 Å². The van der Waals surface area contributed by atoms with Crippen molar-refractivity contribution in [2.75, 3.05) is 34.0 Å². The Balaban J connectivity index is 2.28. The summed E-state index contributed by atoms with van der Waals surface area (Å²) < 4.78 is 36.2. The number of nitrogens with zero attached hydrogens (tertiary/aromatic N) is 1. The van der Waals surface area contributed by atoms with Crippen LogP contribution < -0.4 is 9.47 Å². The maximum absolute atomic E-state index is 12.9. The van der Waals surface area contributed by atoms with Crippen LogP contribution in [0.15, 0.2) is 12.1 Å². The predicted molar refractivity (Wildman–Crippen MR) is 84.5 cm³/mol. The average Bonchev–Trinajstić information content (AvgIpc) is 2.53. The molecule has 1 aliphatic heterocycles. The molecule has 0 spiro atoms. The van der Waals surface area contributed by atoms with Gasteiger partial charge in [0.1, 0.15) is 0 Å². The molecule has 22 heavy (non-hydrogen) atoms. The molecule has 124 valence electrons. The maximum Gasteiger partial charge on any atom is 0.408 e. The number of hydrogen-bond donors (Lipinski definition) is 0. The van der Waals surface area contributed by atoms with Crippen molar-refractivity contribution in [2.45, 2.75) is 26.8 Å². The molecule has 0 bridgehead atoms. The first kappa shape index (κ1) is 17.3. The third-order valence-electron chi connectivity index (χ3n) is 3.63. The van der Waals surface area contributed by atoms with Gasteiger partial charge in [0.05, 0.1) is 27.4 Å². The molecule has 1 aliphatic rings. The number of methoxy groups -OCH3 is 2. The number of fused-ring (bicyclic) bond motifs is 1. The summed E-state index contributed by atoms with van der Waals surface area (Å²) in [5.41, 5.74) is 2.23. The van der Waals surface area contributed by atoms with E-state index in [4.69, 9.17) is 18.5 Å². The second kappa shape index (κ2) is 7.47. The Hall–Kier alpha value is -1.07. The molecule has 0 fully saturated rings. The van der Waals surface area contributed by atoms with Crippen molar-refractivity contribution in [2.24, 2.45) is 0 Å². The van der Waals surface area contributed by atoms with Gasteiger partial charge in [0.15, 0.2) is 11.5 Å². The van der Waals surface area contributed by atoms with E-state index in [2.05, 4.69) is 0 Å². The first-order valence-corrected chi connectivity index (χ1v) is 8.95. The Labute approximate surface area is 131 Å². The fourth-order valence-electron chi connectivity index (χ4n) is 2.60. The Morgan fingerprint density at radius 1 is 1.05 bits per heavy atom. The van der Waals surface area contributed by atoms with E-state index in [-0.39, 0.29) is 0 Å². The van der Waals surface area contributed by atoms with E-state index in [0.717, 1.165) is 12.0 Å². The highest BCUT2D eigenvalue weighted by Crippen LogP contribution is 2.54. The zero-order chi connectivity index (χ0) is 16.2. The van der Waals surface area contributed by atoms with Crippen LogP contribution in [0.25, 0.3) is 0 Å². The fraction of sp³-hybridized carbons (Fsp3) is 0.600. The van der Waals surface area contributed by atoms with Gasteiger partial charge in [0.2, 0.25) is 0 Å². The minimum absolute atomic E-state index is 0.354. The summed E-state index contributed by atoms with van der Waals surface area (Å²) in [5, 5.41) is 0. The van der Waals surface area contributed by atoms with Crippen molar-refractivity contribution in [1.82, 2.24) is 4.67 Å². The second-order valence-corrected chi connectivity index (χ2v) is 6.94. The highest BCUT2D eigenvalue weighted by Gasteiger charge is 2.35. The van der Waals surface area contributed by atoms with Gasteiger partial charge in [-0.05, 0) is 43.5 Å². The first-order valence-electron chi connectivity index (χ1n) is 7.46. The summed E-state index contributed by atoms with van der Waals surface area (Å²) in [6, 6.07) is 3.92. The molecule has 0 radical (unpaired) electrons. The van der Waals surface area contributed by atoms with Crippen LogP contribution in [-0.2, 0) is 26.6 Å². The molecule has 2 rings (SSSR count). The monoisotopic (exact) mass is 329 g/mol. The standard InChI is InChI=1S/C15H24NO5P/c1-5-20-22(17,21-6-2)16-8-7-12-9-14(18-3)15(19-4)10-13(12)11-16/h9-10H,5-8,11H2,1-4H3. The lowest BCUT2D eigenvalue weighted by Gasteiger charge is -2.33. The molecule has 0 aliphatic carbocycles. The van der Waals surface area contributed by atoms with Gasteiger partial charge in [-0.2, -0.15) is 0 Å². The van der Waals surface area contributed by atoms with Gasteiger partial charge in [-0.1, -0.05) is 0 Å². The van der Waals surface area contributed by atoms with Crippen LogP contribution in [0.3, 0.4) is 0 Å². The van der Waals surface area contributed by atoms with Crippen LogP contribution in [0.4, 0.5) is 0 Å². The zero-order valence-corrected chi connectivity index (χ0v) is 14.5. The Morgan fingerprint density at radius 3 is 2.09 bits per heavy atom. The second-order valence-electron chi connectivity index (χ2n) is 4.92.